The Labute approximate surface area is 120 Å². The van der Waals surface area contributed by atoms with E-state index in [1.165, 1.54) is 5.56 Å². The van der Waals surface area contributed by atoms with Crippen LogP contribution in [0, 0.1) is 5.92 Å². The first-order valence-electron chi connectivity index (χ1n) is 7.13. The minimum atomic E-state index is -0.227. The molecule has 1 aromatic carbocycles. The maximum absolute atomic E-state index is 9.34. The van der Waals surface area contributed by atoms with Crippen LogP contribution in [-0.4, -0.2) is 27.5 Å². The van der Waals surface area contributed by atoms with Gasteiger partial charge in [-0.2, -0.15) is 5.10 Å². The van der Waals surface area contributed by atoms with Crippen molar-refractivity contribution in [1.82, 2.24) is 15.1 Å². The highest BCUT2D eigenvalue weighted by atomic mass is 16.3. The number of nitrogens with one attached hydrogen (secondary N) is 1. The average molecular weight is 273 g/mol. The van der Waals surface area contributed by atoms with Crippen LogP contribution in [0.5, 0.6) is 0 Å². The molecule has 0 amide bonds. The number of hydrogen-bond donors (Lipinski definition) is 2. The van der Waals surface area contributed by atoms with Crippen LogP contribution in [0.15, 0.2) is 42.7 Å². The van der Waals surface area contributed by atoms with Crippen molar-refractivity contribution in [3.63, 3.8) is 0 Å². The van der Waals surface area contributed by atoms with E-state index in [0.29, 0.717) is 5.92 Å². The van der Waals surface area contributed by atoms with E-state index >= 15 is 0 Å². The number of rotatable bonds is 7. The second-order valence-electron chi connectivity index (χ2n) is 5.44. The van der Waals surface area contributed by atoms with Crippen molar-refractivity contribution in [3.8, 4) is 5.69 Å². The number of benzene rings is 1. The van der Waals surface area contributed by atoms with Crippen molar-refractivity contribution in [2.75, 3.05) is 6.54 Å². The summed E-state index contributed by atoms with van der Waals surface area (Å²) in [6.45, 7) is 5.74. The molecule has 0 spiro atoms. The first kappa shape index (κ1) is 14.8. The molecule has 1 heterocycles. The summed E-state index contributed by atoms with van der Waals surface area (Å²) in [7, 11) is 0. The zero-order valence-electron chi connectivity index (χ0n) is 12.2. The lowest BCUT2D eigenvalue weighted by atomic mass is 10.0. The lowest BCUT2D eigenvalue weighted by molar-refractivity contribution is 0.163. The van der Waals surface area contributed by atoms with Gasteiger partial charge in [-0.15, -0.1) is 0 Å². The van der Waals surface area contributed by atoms with Gasteiger partial charge in [0.05, 0.1) is 11.8 Å². The summed E-state index contributed by atoms with van der Waals surface area (Å²) < 4.78 is 1.86. The fraction of sp³-hybridized carbons (Fsp3) is 0.438. The van der Waals surface area contributed by atoms with Crippen LogP contribution in [0.2, 0.25) is 0 Å². The number of aliphatic hydroxyl groups is 1. The molecule has 108 valence electrons. The van der Waals surface area contributed by atoms with Gasteiger partial charge in [0, 0.05) is 18.9 Å². The van der Waals surface area contributed by atoms with Crippen molar-refractivity contribution < 1.29 is 5.11 Å². The molecule has 0 aliphatic heterocycles. The van der Waals surface area contributed by atoms with Gasteiger partial charge in [-0.05, 0) is 49.6 Å². The van der Waals surface area contributed by atoms with E-state index < -0.39 is 0 Å². The summed E-state index contributed by atoms with van der Waals surface area (Å²) in [5, 5.41) is 17.0. The molecule has 0 fully saturated rings. The second kappa shape index (κ2) is 7.22. The first-order valence-corrected chi connectivity index (χ1v) is 7.13. The van der Waals surface area contributed by atoms with E-state index in [1.807, 2.05) is 36.0 Å². The van der Waals surface area contributed by atoms with E-state index in [2.05, 4.69) is 29.5 Å². The fourth-order valence-electron chi connectivity index (χ4n) is 2.36. The molecule has 20 heavy (non-hydrogen) atoms. The zero-order valence-corrected chi connectivity index (χ0v) is 12.2. The molecule has 2 atom stereocenters. The van der Waals surface area contributed by atoms with Crippen molar-refractivity contribution in [1.29, 1.82) is 0 Å². The van der Waals surface area contributed by atoms with Gasteiger partial charge in [-0.25, -0.2) is 4.68 Å². The smallest absolute Gasteiger partial charge is 0.0648 e. The summed E-state index contributed by atoms with van der Waals surface area (Å²) in [5.74, 6) is 0.476. The summed E-state index contributed by atoms with van der Waals surface area (Å²) in [6.07, 6.45) is 4.33. The highest BCUT2D eigenvalue weighted by Crippen LogP contribution is 2.10. The quantitative estimate of drug-likeness (QED) is 0.814. The van der Waals surface area contributed by atoms with E-state index in [9.17, 15) is 5.11 Å². The maximum Gasteiger partial charge on any atom is 0.0648 e. The predicted molar refractivity (Wildman–Crippen MR) is 80.7 cm³/mol. The van der Waals surface area contributed by atoms with Crippen LogP contribution in [-0.2, 0) is 6.54 Å². The molecule has 0 saturated carbocycles. The van der Waals surface area contributed by atoms with Crippen LogP contribution in [0.25, 0.3) is 5.69 Å². The molecule has 1 aromatic heterocycles. The molecule has 2 rings (SSSR count). The molecule has 4 nitrogen and oxygen atoms in total. The van der Waals surface area contributed by atoms with Crippen LogP contribution in [0.4, 0.5) is 0 Å². The van der Waals surface area contributed by atoms with Crippen LogP contribution < -0.4 is 5.32 Å². The molecule has 0 bridgehead atoms. The SMILES string of the molecule is CC(O)CC(C)CNCc1cccc(-n2cccn2)c1. The number of aliphatic hydroxyl groups excluding tert-OH is 1. The summed E-state index contributed by atoms with van der Waals surface area (Å²) in [6, 6.07) is 10.3. The predicted octanol–water partition coefficient (Wildman–Crippen LogP) is 2.37. The lowest BCUT2D eigenvalue weighted by Gasteiger charge is -2.14. The first-order chi connectivity index (χ1) is 9.65. The number of hydrogen-bond acceptors (Lipinski definition) is 3. The Hall–Kier alpha value is -1.65. The van der Waals surface area contributed by atoms with Crippen LogP contribution >= 0.6 is 0 Å². The Morgan fingerprint density at radius 2 is 2.15 bits per heavy atom. The van der Waals surface area contributed by atoms with Gasteiger partial charge in [0.25, 0.3) is 0 Å². The monoisotopic (exact) mass is 273 g/mol. The zero-order chi connectivity index (χ0) is 14.4. The fourth-order valence-corrected chi connectivity index (χ4v) is 2.36. The Morgan fingerprint density at radius 3 is 2.85 bits per heavy atom. The lowest BCUT2D eigenvalue weighted by Crippen LogP contribution is -2.23. The third kappa shape index (κ3) is 4.47. The molecule has 0 radical (unpaired) electrons. The van der Waals surface area contributed by atoms with Crippen molar-refractivity contribution in [3.05, 3.63) is 48.3 Å². The molecule has 0 aliphatic rings. The van der Waals surface area contributed by atoms with Gasteiger partial charge in [0.15, 0.2) is 0 Å². The summed E-state index contributed by atoms with van der Waals surface area (Å²) >= 11 is 0. The minimum Gasteiger partial charge on any atom is -0.393 e. The van der Waals surface area contributed by atoms with Gasteiger partial charge in [-0.1, -0.05) is 19.1 Å². The van der Waals surface area contributed by atoms with Gasteiger partial charge < -0.3 is 10.4 Å². The van der Waals surface area contributed by atoms with E-state index in [0.717, 1.165) is 25.2 Å². The van der Waals surface area contributed by atoms with E-state index in [4.69, 9.17) is 0 Å². The van der Waals surface area contributed by atoms with Gasteiger partial charge in [0.1, 0.15) is 0 Å². The van der Waals surface area contributed by atoms with Crippen molar-refractivity contribution in [2.45, 2.75) is 32.9 Å². The average Bonchev–Trinajstić information content (AvgIpc) is 2.92. The third-order valence-electron chi connectivity index (χ3n) is 3.24. The molecule has 4 heteroatoms. The summed E-state index contributed by atoms with van der Waals surface area (Å²) in [4.78, 5) is 0. The molecular formula is C16H23N3O. The second-order valence-corrected chi connectivity index (χ2v) is 5.44. The molecule has 0 saturated heterocycles. The Morgan fingerprint density at radius 1 is 1.30 bits per heavy atom. The van der Waals surface area contributed by atoms with Gasteiger partial charge in [-0.3, -0.25) is 0 Å². The molecule has 0 aliphatic carbocycles. The molecule has 2 aromatic rings. The minimum absolute atomic E-state index is 0.227. The largest absolute Gasteiger partial charge is 0.393 e. The van der Waals surface area contributed by atoms with Crippen molar-refractivity contribution in [2.24, 2.45) is 5.92 Å². The number of nitrogens with zero attached hydrogens (tertiary/aromatic N) is 2. The van der Waals surface area contributed by atoms with Crippen LogP contribution in [0.1, 0.15) is 25.8 Å². The molecule has 2 unspecified atom stereocenters. The normalized spacial score (nSPS) is 14.2. The number of aromatic nitrogens is 2. The highest BCUT2D eigenvalue weighted by Gasteiger charge is 2.05. The Kier molecular flexibility index (Phi) is 5.32. The Bertz CT molecular complexity index is 508. The third-order valence-corrected chi connectivity index (χ3v) is 3.24. The van der Waals surface area contributed by atoms with Gasteiger partial charge in [0.2, 0.25) is 0 Å². The van der Waals surface area contributed by atoms with Crippen molar-refractivity contribution >= 4 is 0 Å². The highest BCUT2D eigenvalue weighted by molar-refractivity contribution is 5.34. The van der Waals surface area contributed by atoms with E-state index in [1.54, 1.807) is 6.20 Å². The maximum atomic E-state index is 9.34. The van der Waals surface area contributed by atoms with E-state index in [-0.39, 0.29) is 6.10 Å². The summed E-state index contributed by atoms with van der Waals surface area (Å²) in [5.41, 5.74) is 2.31. The molecular weight excluding hydrogens is 250 g/mol. The molecule has 2 N–H and O–H groups in total. The Balaban J connectivity index is 1.86. The topological polar surface area (TPSA) is 50.1 Å². The van der Waals surface area contributed by atoms with Crippen LogP contribution in [0.3, 0.4) is 0 Å². The standard InChI is InChI=1S/C16H23N3O/c1-13(9-14(2)20)11-17-12-15-5-3-6-16(10-15)19-8-4-7-18-19/h3-8,10,13-14,17,20H,9,11-12H2,1-2H3. The van der Waals surface area contributed by atoms with Gasteiger partial charge >= 0.3 is 0 Å².